The number of benzene rings is 1. The third-order valence-electron chi connectivity index (χ3n) is 2.19. The maximum atomic E-state index is 5.25. The third-order valence-corrected chi connectivity index (χ3v) is 3.11. The fraction of sp³-hybridized carbons (Fsp3) is 0.167. The van der Waals surface area contributed by atoms with E-state index in [1.54, 1.807) is 25.6 Å². The maximum absolute atomic E-state index is 5.25. The van der Waals surface area contributed by atoms with Crippen LogP contribution >= 0.6 is 11.3 Å². The van der Waals surface area contributed by atoms with Crippen molar-refractivity contribution in [1.82, 2.24) is 0 Å². The molecule has 3 heteroatoms. The Bertz CT molecular complexity index is 435. The van der Waals surface area contributed by atoms with Gasteiger partial charge < -0.3 is 9.47 Å². The van der Waals surface area contributed by atoms with E-state index in [1.807, 2.05) is 24.3 Å². The average molecular weight is 220 g/mol. The number of rotatable bonds is 3. The molecule has 0 aliphatic rings. The first kappa shape index (κ1) is 10.1. The lowest BCUT2D eigenvalue weighted by Crippen LogP contribution is -1.90. The number of hydrogen-bond donors (Lipinski definition) is 0. The Kier molecular flexibility index (Phi) is 2.92. The third kappa shape index (κ3) is 1.97. The molecule has 2 aromatic rings. The highest BCUT2D eigenvalue weighted by atomic mass is 32.1. The van der Waals surface area contributed by atoms with Crippen LogP contribution in [0.2, 0.25) is 0 Å². The van der Waals surface area contributed by atoms with Crippen LogP contribution in [0.25, 0.3) is 10.4 Å². The molecular formula is C12H12O2S. The first-order valence-electron chi connectivity index (χ1n) is 4.61. The lowest BCUT2D eigenvalue weighted by Gasteiger charge is -2.08. The van der Waals surface area contributed by atoms with Gasteiger partial charge in [-0.05, 0) is 35.2 Å². The van der Waals surface area contributed by atoms with Crippen LogP contribution in [0.5, 0.6) is 11.5 Å². The minimum absolute atomic E-state index is 0.762. The summed E-state index contributed by atoms with van der Waals surface area (Å²) in [5.74, 6) is 1.53. The predicted octanol–water partition coefficient (Wildman–Crippen LogP) is 3.43. The summed E-state index contributed by atoms with van der Waals surface area (Å²) in [6.07, 6.45) is 0. The minimum atomic E-state index is 0.762. The molecular weight excluding hydrogens is 208 g/mol. The van der Waals surface area contributed by atoms with Crippen LogP contribution in [-0.4, -0.2) is 14.2 Å². The summed E-state index contributed by atoms with van der Waals surface area (Å²) in [6, 6.07) is 10.1. The van der Waals surface area contributed by atoms with E-state index < -0.39 is 0 Å². The van der Waals surface area contributed by atoms with E-state index in [4.69, 9.17) is 9.47 Å². The molecule has 0 unspecified atom stereocenters. The van der Waals surface area contributed by atoms with Crippen LogP contribution in [0.3, 0.4) is 0 Å². The fourth-order valence-corrected chi connectivity index (χ4v) is 2.16. The summed E-state index contributed by atoms with van der Waals surface area (Å²) in [5.41, 5.74) is 1.16. The van der Waals surface area contributed by atoms with Gasteiger partial charge in [0.15, 0.2) is 11.5 Å². The van der Waals surface area contributed by atoms with Gasteiger partial charge in [-0.15, -0.1) is 11.3 Å². The van der Waals surface area contributed by atoms with Gasteiger partial charge in [-0.1, -0.05) is 6.07 Å². The van der Waals surface area contributed by atoms with E-state index in [0.717, 1.165) is 17.1 Å². The molecule has 0 spiro atoms. The molecule has 1 aromatic carbocycles. The molecule has 2 rings (SSSR count). The maximum Gasteiger partial charge on any atom is 0.161 e. The minimum Gasteiger partial charge on any atom is -0.493 e. The molecule has 0 aliphatic carbocycles. The summed E-state index contributed by atoms with van der Waals surface area (Å²) < 4.78 is 10.4. The van der Waals surface area contributed by atoms with Crippen LogP contribution in [0.1, 0.15) is 0 Å². The van der Waals surface area contributed by atoms with E-state index in [0.29, 0.717) is 0 Å². The summed E-state index contributed by atoms with van der Waals surface area (Å²) in [6.45, 7) is 0. The van der Waals surface area contributed by atoms with Gasteiger partial charge in [-0.25, -0.2) is 0 Å². The molecule has 0 amide bonds. The van der Waals surface area contributed by atoms with Crippen molar-refractivity contribution >= 4 is 11.3 Å². The Morgan fingerprint density at radius 1 is 1.00 bits per heavy atom. The monoisotopic (exact) mass is 220 g/mol. The van der Waals surface area contributed by atoms with E-state index in [-0.39, 0.29) is 0 Å². The highest BCUT2D eigenvalue weighted by molar-refractivity contribution is 7.13. The van der Waals surface area contributed by atoms with Crippen molar-refractivity contribution in [1.29, 1.82) is 0 Å². The molecule has 0 atom stereocenters. The van der Waals surface area contributed by atoms with Gasteiger partial charge in [0.05, 0.1) is 14.2 Å². The zero-order chi connectivity index (χ0) is 10.7. The van der Waals surface area contributed by atoms with Crippen molar-refractivity contribution in [3.8, 4) is 21.9 Å². The standard InChI is InChI=1S/C12H12O2S/c1-13-10-6-5-9(8-11(10)14-2)12-4-3-7-15-12/h3-8H,1-2H3. The van der Waals surface area contributed by atoms with Gasteiger partial charge >= 0.3 is 0 Å². The van der Waals surface area contributed by atoms with Crippen molar-refractivity contribution in [3.63, 3.8) is 0 Å². The van der Waals surface area contributed by atoms with Crippen molar-refractivity contribution in [2.45, 2.75) is 0 Å². The summed E-state index contributed by atoms with van der Waals surface area (Å²) in [7, 11) is 3.29. The Hall–Kier alpha value is -1.48. The van der Waals surface area contributed by atoms with Gasteiger partial charge in [0.1, 0.15) is 0 Å². The molecule has 1 aromatic heterocycles. The second-order valence-electron chi connectivity index (χ2n) is 3.05. The molecule has 0 bridgehead atoms. The van der Waals surface area contributed by atoms with E-state index in [9.17, 15) is 0 Å². The zero-order valence-corrected chi connectivity index (χ0v) is 9.51. The molecule has 0 N–H and O–H groups in total. The van der Waals surface area contributed by atoms with Crippen LogP contribution in [-0.2, 0) is 0 Å². The topological polar surface area (TPSA) is 18.5 Å². The number of ether oxygens (including phenoxy) is 2. The average Bonchev–Trinajstić information content (AvgIpc) is 2.81. The summed E-state index contributed by atoms with van der Waals surface area (Å²) >= 11 is 1.71. The van der Waals surface area contributed by atoms with Crippen LogP contribution < -0.4 is 9.47 Å². The molecule has 0 aliphatic heterocycles. The Balaban J connectivity index is 2.43. The summed E-state index contributed by atoms with van der Waals surface area (Å²) in [5, 5.41) is 2.06. The molecule has 78 valence electrons. The molecule has 1 heterocycles. The van der Waals surface area contributed by atoms with Crippen molar-refractivity contribution in [2.75, 3.05) is 14.2 Å². The Morgan fingerprint density at radius 3 is 2.40 bits per heavy atom. The summed E-state index contributed by atoms with van der Waals surface area (Å²) in [4.78, 5) is 1.23. The van der Waals surface area contributed by atoms with Gasteiger partial charge in [-0.2, -0.15) is 0 Å². The number of hydrogen-bond acceptors (Lipinski definition) is 3. The van der Waals surface area contributed by atoms with Gasteiger partial charge in [0.2, 0.25) is 0 Å². The smallest absolute Gasteiger partial charge is 0.161 e. The SMILES string of the molecule is COc1ccc(-c2cccs2)cc1OC. The zero-order valence-electron chi connectivity index (χ0n) is 8.69. The Labute approximate surface area is 93.1 Å². The van der Waals surface area contributed by atoms with Crippen molar-refractivity contribution in [3.05, 3.63) is 35.7 Å². The second-order valence-corrected chi connectivity index (χ2v) is 3.99. The molecule has 15 heavy (non-hydrogen) atoms. The second kappa shape index (κ2) is 4.36. The van der Waals surface area contributed by atoms with E-state index in [1.165, 1.54) is 4.88 Å². The van der Waals surface area contributed by atoms with Gasteiger partial charge in [-0.3, -0.25) is 0 Å². The highest BCUT2D eigenvalue weighted by Crippen LogP contribution is 2.33. The molecule has 0 saturated heterocycles. The van der Waals surface area contributed by atoms with Gasteiger partial charge in [0, 0.05) is 4.88 Å². The molecule has 2 nitrogen and oxygen atoms in total. The highest BCUT2D eigenvalue weighted by Gasteiger charge is 2.06. The largest absolute Gasteiger partial charge is 0.493 e. The molecule has 0 fully saturated rings. The number of methoxy groups -OCH3 is 2. The first-order chi connectivity index (χ1) is 7.35. The normalized spacial score (nSPS) is 10.0. The first-order valence-corrected chi connectivity index (χ1v) is 5.49. The van der Waals surface area contributed by atoms with Crippen molar-refractivity contribution in [2.24, 2.45) is 0 Å². The van der Waals surface area contributed by atoms with Crippen LogP contribution in [0.15, 0.2) is 35.7 Å². The lowest BCUT2D eigenvalue weighted by atomic mass is 10.1. The number of thiophene rings is 1. The quantitative estimate of drug-likeness (QED) is 0.789. The van der Waals surface area contributed by atoms with Crippen LogP contribution in [0, 0.1) is 0 Å². The van der Waals surface area contributed by atoms with Gasteiger partial charge in [0.25, 0.3) is 0 Å². The predicted molar refractivity (Wildman–Crippen MR) is 62.9 cm³/mol. The lowest BCUT2D eigenvalue weighted by molar-refractivity contribution is 0.355. The van der Waals surface area contributed by atoms with Crippen LogP contribution in [0.4, 0.5) is 0 Å². The van der Waals surface area contributed by atoms with Crippen molar-refractivity contribution < 1.29 is 9.47 Å². The molecule has 0 saturated carbocycles. The Morgan fingerprint density at radius 2 is 1.80 bits per heavy atom. The van der Waals surface area contributed by atoms with E-state index >= 15 is 0 Å². The molecule has 0 radical (unpaired) electrons. The fourth-order valence-electron chi connectivity index (χ4n) is 1.43. The van der Waals surface area contributed by atoms with E-state index in [2.05, 4.69) is 11.4 Å².